The maximum atomic E-state index is 9.50. The summed E-state index contributed by atoms with van der Waals surface area (Å²) >= 11 is 0. The van der Waals surface area contributed by atoms with Crippen LogP contribution in [0, 0.1) is 0 Å². The second kappa shape index (κ2) is 5.05. The van der Waals surface area contributed by atoms with E-state index in [0.717, 1.165) is 18.4 Å². The average Bonchev–Trinajstić information content (AvgIpc) is 2.38. The third kappa shape index (κ3) is 2.50. The van der Waals surface area contributed by atoms with Crippen molar-refractivity contribution in [1.82, 2.24) is 0 Å². The van der Waals surface area contributed by atoms with Crippen molar-refractivity contribution in [3.63, 3.8) is 0 Å². The minimum Gasteiger partial charge on any atom is -0.508 e. The molecular formula is C16H18O. The fourth-order valence-corrected chi connectivity index (χ4v) is 2.16. The number of phenolic OH excluding ortho intramolecular Hbond substituents is 1. The summed E-state index contributed by atoms with van der Waals surface area (Å²) in [5.74, 6) is 0.320. The van der Waals surface area contributed by atoms with Gasteiger partial charge in [0.15, 0.2) is 0 Å². The lowest BCUT2D eigenvalue weighted by Crippen LogP contribution is -1.91. The first-order chi connectivity index (χ1) is 8.24. The highest BCUT2D eigenvalue weighted by atomic mass is 16.3. The molecule has 0 unspecified atom stereocenters. The monoisotopic (exact) mass is 226 g/mol. The van der Waals surface area contributed by atoms with E-state index in [9.17, 15) is 5.11 Å². The molecular weight excluding hydrogens is 208 g/mol. The van der Waals surface area contributed by atoms with Crippen LogP contribution >= 0.6 is 0 Å². The summed E-state index contributed by atoms with van der Waals surface area (Å²) in [6.45, 7) is 4.36. The van der Waals surface area contributed by atoms with E-state index in [1.807, 2.05) is 12.1 Å². The minimum absolute atomic E-state index is 0.320. The number of hydrogen-bond donors (Lipinski definition) is 1. The van der Waals surface area contributed by atoms with Gasteiger partial charge >= 0.3 is 0 Å². The lowest BCUT2D eigenvalue weighted by molar-refractivity contribution is 0.475. The van der Waals surface area contributed by atoms with Gasteiger partial charge in [0.2, 0.25) is 0 Å². The van der Waals surface area contributed by atoms with E-state index in [1.165, 1.54) is 16.7 Å². The molecule has 1 N–H and O–H groups in total. The van der Waals surface area contributed by atoms with E-state index in [4.69, 9.17) is 0 Å². The van der Waals surface area contributed by atoms with Crippen LogP contribution in [0.4, 0.5) is 0 Å². The molecule has 0 radical (unpaired) electrons. The largest absolute Gasteiger partial charge is 0.508 e. The fraction of sp³-hybridized carbons (Fsp3) is 0.250. The minimum atomic E-state index is 0.320. The van der Waals surface area contributed by atoms with Crippen molar-refractivity contribution in [1.29, 1.82) is 0 Å². The van der Waals surface area contributed by atoms with E-state index in [0.29, 0.717) is 5.75 Å². The molecule has 88 valence electrons. The topological polar surface area (TPSA) is 20.2 Å². The van der Waals surface area contributed by atoms with Gasteiger partial charge in [-0.15, -0.1) is 0 Å². The molecule has 0 bridgehead atoms. The van der Waals surface area contributed by atoms with Crippen molar-refractivity contribution in [2.24, 2.45) is 0 Å². The van der Waals surface area contributed by atoms with Gasteiger partial charge in [-0.2, -0.15) is 0 Å². The molecule has 0 aromatic heterocycles. The van der Waals surface area contributed by atoms with Crippen LogP contribution in [0.25, 0.3) is 11.1 Å². The van der Waals surface area contributed by atoms with Gasteiger partial charge in [0.05, 0.1) is 0 Å². The summed E-state index contributed by atoms with van der Waals surface area (Å²) in [6.07, 6.45) is 2.12. The first-order valence-corrected chi connectivity index (χ1v) is 6.15. The Labute approximate surface area is 103 Å². The molecule has 0 saturated heterocycles. The quantitative estimate of drug-likeness (QED) is 0.832. The van der Waals surface area contributed by atoms with Crippen molar-refractivity contribution >= 4 is 0 Å². The molecule has 0 spiro atoms. The predicted octanol–water partition coefficient (Wildman–Crippen LogP) is 4.18. The Bertz CT molecular complexity index is 515. The van der Waals surface area contributed by atoms with E-state index in [-0.39, 0.29) is 0 Å². The van der Waals surface area contributed by atoms with Gasteiger partial charge in [0.1, 0.15) is 5.75 Å². The van der Waals surface area contributed by atoms with Gasteiger partial charge in [-0.05, 0) is 47.2 Å². The molecule has 2 aromatic carbocycles. The van der Waals surface area contributed by atoms with Crippen LogP contribution in [0.2, 0.25) is 0 Å². The third-order valence-corrected chi connectivity index (χ3v) is 3.15. The summed E-state index contributed by atoms with van der Waals surface area (Å²) in [5, 5.41) is 9.50. The lowest BCUT2D eigenvalue weighted by atomic mass is 9.96. The van der Waals surface area contributed by atoms with Crippen molar-refractivity contribution in [3.8, 4) is 16.9 Å². The summed E-state index contributed by atoms with van der Waals surface area (Å²) in [6, 6.07) is 14.0. The van der Waals surface area contributed by atoms with Crippen LogP contribution in [0.1, 0.15) is 25.0 Å². The van der Waals surface area contributed by atoms with Crippen LogP contribution in [-0.2, 0) is 12.8 Å². The highest BCUT2D eigenvalue weighted by Crippen LogP contribution is 2.25. The molecule has 1 heteroatoms. The van der Waals surface area contributed by atoms with E-state index < -0.39 is 0 Å². The molecule has 1 nitrogen and oxygen atoms in total. The number of phenols is 1. The summed E-state index contributed by atoms with van der Waals surface area (Å²) in [7, 11) is 0. The fourth-order valence-electron chi connectivity index (χ4n) is 2.16. The lowest BCUT2D eigenvalue weighted by Gasteiger charge is -2.09. The zero-order valence-electron chi connectivity index (χ0n) is 10.4. The molecule has 0 heterocycles. The second-order valence-electron chi connectivity index (χ2n) is 4.24. The number of benzene rings is 2. The third-order valence-electron chi connectivity index (χ3n) is 3.15. The number of hydrogen-bond acceptors (Lipinski definition) is 1. The summed E-state index contributed by atoms with van der Waals surface area (Å²) in [4.78, 5) is 0. The Hall–Kier alpha value is -1.76. The average molecular weight is 226 g/mol. The molecule has 0 atom stereocenters. The molecule has 2 rings (SSSR count). The highest BCUT2D eigenvalue weighted by molar-refractivity contribution is 5.66. The Balaban J connectivity index is 2.46. The maximum Gasteiger partial charge on any atom is 0.116 e. The Morgan fingerprint density at radius 1 is 0.824 bits per heavy atom. The van der Waals surface area contributed by atoms with Gasteiger partial charge in [-0.3, -0.25) is 0 Å². The Morgan fingerprint density at radius 2 is 1.53 bits per heavy atom. The van der Waals surface area contributed by atoms with Gasteiger partial charge in [-0.1, -0.05) is 44.2 Å². The molecule has 17 heavy (non-hydrogen) atoms. The zero-order chi connectivity index (χ0) is 12.3. The molecule has 0 aliphatic carbocycles. The van der Waals surface area contributed by atoms with Gasteiger partial charge < -0.3 is 5.11 Å². The number of aromatic hydroxyl groups is 1. The summed E-state index contributed by atoms with van der Waals surface area (Å²) in [5.41, 5.74) is 5.06. The van der Waals surface area contributed by atoms with Crippen molar-refractivity contribution in [3.05, 3.63) is 53.6 Å². The normalized spacial score (nSPS) is 10.5. The van der Waals surface area contributed by atoms with Gasteiger partial charge in [0, 0.05) is 0 Å². The van der Waals surface area contributed by atoms with Crippen LogP contribution in [0.5, 0.6) is 5.75 Å². The van der Waals surface area contributed by atoms with Crippen molar-refractivity contribution in [2.45, 2.75) is 26.7 Å². The molecule has 0 aliphatic rings. The first-order valence-electron chi connectivity index (χ1n) is 6.15. The van der Waals surface area contributed by atoms with Crippen LogP contribution < -0.4 is 0 Å². The highest BCUT2D eigenvalue weighted by Gasteiger charge is 2.03. The SMILES string of the molecule is CCc1ccc(-c2cccc(O)c2)cc1CC. The molecule has 0 aliphatic heterocycles. The Morgan fingerprint density at radius 3 is 2.18 bits per heavy atom. The molecule has 2 aromatic rings. The van der Waals surface area contributed by atoms with Gasteiger partial charge in [-0.25, -0.2) is 0 Å². The smallest absolute Gasteiger partial charge is 0.116 e. The van der Waals surface area contributed by atoms with Gasteiger partial charge in [0.25, 0.3) is 0 Å². The second-order valence-corrected chi connectivity index (χ2v) is 4.24. The zero-order valence-corrected chi connectivity index (χ0v) is 10.4. The number of aryl methyl sites for hydroxylation is 2. The Kier molecular flexibility index (Phi) is 3.48. The maximum absolute atomic E-state index is 9.50. The van der Waals surface area contributed by atoms with Crippen molar-refractivity contribution in [2.75, 3.05) is 0 Å². The van der Waals surface area contributed by atoms with Crippen LogP contribution in [0.15, 0.2) is 42.5 Å². The van der Waals surface area contributed by atoms with Crippen LogP contribution in [0.3, 0.4) is 0 Å². The molecule has 0 saturated carbocycles. The van der Waals surface area contributed by atoms with E-state index in [1.54, 1.807) is 12.1 Å². The van der Waals surface area contributed by atoms with Crippen molar-refractivity contribution < 1.29 is 5.11 Å². The number of rotatable bonds is 3. The van der Waals surface area contributed by atoms with E-state index in [2.05, 4.69) is 32.0 Å². The van der Waals surface area contributed by atoms with E-state index >= 15 is 0 Å². The van der Waals surface area contributed by atoms with Crippen LogP contribution in [-0.4, -0.2) is 5.11 Å². The first kappa shape index (κ1) is 11.7. The molecule has 0 amide bonds. The molecule has 0 fully saturated rings. The predicted molar refractivity (Wildman–Crippen MR) is 72.3 cm³/mol. The standard InChI is InChI=1S/C16H18O/c1-3-12-8-9-15(10-13(12)4-2)14-6-5-7-16(17)11-14/h5-11,17H,3-4H2,1-2H3. The summed E-state index contributed by atoms with van der Waals surface area (Å²) < 4.78 is 0.